The fourth-order valence-electron chi connectivity index (χ4n) is 3.59. The van der Waals surface area contributed by atoms with Gasteiger partial charge in [0.15, 0.2) is 0 Å². The molecule has 3 aromatic rings. The highest BCUT2D eigenvalue weighted by molar-refractivity contribution is 6.36. The molecule has 4 nitrogen and oxygen atoms in total. The SMILES string of the molecule is Cc1ccc(CN2C(=O)C(Nc3cc(C)ccc3C)=C(c3ccccc3)C2=O)cc1. The molecule has 3 aromatic carbocycles. The van der Waals surface area contributed by atoms with Crippen LogP contribution in [0.1, 0.15) is 27.8 Å². The molecule has 30 heavy (non-hydrogen) atoms. The Morgan fingerprint density at radius 1 is 0.767 bits per heavy atom. The maximum absolute atomic E-state index is 13.4. The number of nitrogens with one attached hydrogen (secondary N) is 1. The van der Waals surface area contributed by atoms with E-state index in [1.165, 1.54) is 4.90 Å². The summed E-state index contributed by atoms with van der Waals surface area (Å²) in [4.78, 5) is 28.0. The Kier molecular flexibility index (Phi) is 5.23. The first-order valence-electron chi connectivity index (χ1n) is 10.00. The summed E-state index contributed by atoms with van der Waals surface area (Å²) in [6.07, 6.45) is 0. The van der Waals surface area contributed by atoms with Gasteiger partial charge in [-0.3, -0.25) is 14.5 Å². The van der Waals surface area contributed by atoms with Gasteiger partial charge in [-0.25, -0.2) is 0 Å². The van der Waals surface area contributed by atoms with E-state index in [0.29, 0.717) is 11.3 Å². The molecule has 0 aromatic heterocycles. The summed E-state index contributed by atoms with van der Waals surface area (Å²) in [6.45, 7) is 6.24. The minimum atomic E-state index is -0.305. The number of imide groups is 1. The Morgan fingerprint density at radius 2 is 1.43 bits per heavy atom. The minimum Gasteiger partial charge on any atom is -0.350 e. The number of carbonyl (C=O) groups is 2. The molecule has 4 heteroatoms. The van der Waals surface area contributed by atoms with E-state index in [9.17, 15) is 9.59 Å². The molecule has 1 heterocycles. The van der Waals surface area contributed by atoms with Crippen LogP contribution in [0.4, 0.5) is 5.69 Å². The van der Waals surface area contributed by atoms with Gasteiger partial charge in [0.25, 0.3) is 11.8 Å². The Bertz CT molecular complexity index is 1150. The van der Waals surface area contributed by atoms with Gasteiger partial charge in [-0.1, -0.05) is 72.3 Å². The van der Waals surface area contributed by atoms with Crippen LogP contribution in [-0.2, 0) is 16.1 Å². The summed E-state index contributed by atoms with van der Waals surface area (Å²) in [5, 5.41) is 3.27. The fraction of sp³-hybridized carbons (Fsp3) is 0.154. The van der Waals surface area contributed by atoms with E-state index in [2.05, 4.69) is 5.32 Å². The zero-order chi connectivity index (χ0) is 21.3. The van der Waals surface area contributed by atoms with Crippen molar-refractivity contribution < 1.29 is 9.59 Å². The largest absolute Gasteiger partial charge is 0.350 e. The lowest BCUT2D eigenvalue weighted by molar-refractivity contribution is -0.137. The van der Waals surface area contributed by atoms with Crippen molar-refractivity contribution in [3.63, 3.8) is 0 Å². The van der Waals surface area contributed by atoms with Gasteiger partial charge in [-0.05, 0) is 49.1 Å². The normalized spacial score (nSPS) is 13.9. The molecule has 0 unspecified atom stereocenters. The quantitative estimate of drug-likeness (QED) is 0.617. The van der Waals surface area contributed by atoms with Gasteiger partial charge in [0.05, 0.1) is 12.1 Å². The molecule has 2 amide bonds. The van der Waals surface area contributed by atoms with Crippen molar-refractivity contribution in [3.05, 3.63) is 106 Å². The average molecular weight is 396 g/mol. The molecular formula is C26H24N2O2. The molecule has 0 saturated heterocycles. The Balaban J connectivity index is 1.75. The lowest BCUT2D eigenvalue weighted by atomic mass is 10.0. The van der Waals surface area contributed by atoms with E-state index in [1.807, 2.05) is 93.6 Å². The Labute approximate surface area is 176 Å². The highest BCUT2D eigenvalue weighted by atomic mass is 16.2. The summed E-state index contributed by atoms with van der Waals surface area (Å²) in [5.41, 5.74) is 6.45. The first kappa shape index (κ1) is 19.6. The molecule has 1 aliphatic rings. The number of carbonyl (C=O) groups excluding carboxylic acids is 2. The average Bonchev–Trinajstić information content (AvgIpc) is 2.97. The van der Waals surface area contributed by atoms with Crippen molar-refractivity contribution in [2.45, 2.75) is 27.3 Å². The number of aryl methyl sites for hydroxylation is 3. The first-order valence-corrected chi connectivity index (χ1v) is 10.00. The third kappa shape index (κ3) is 3.77. The monoisotopic (exact) mass is 396 g/mol. The molecule has 1 N–H and O–H groups in total. The van der Waals surface area contributed by atoms with Gasteiger partial charge >= 0.3 is 0 Å². The van der Waals surface area contributed by atoms with Crippen LogP contribution in [-0.4, -0.2) is 16.7 Å². The Hall–Kier alpha value is -3.66. The van der Waals surface area contributed by atoms with Crippen LogP contribution in [0.2, 0.25) is 0 Å². The molecule has 0 aliphatic carbocycles. The van der Waals surface area contributed by atoms with Gasteiger partial charge in [0.1, 0.15) is 5.70 Å². The second-order valence-corrected chi connectivity index (χ2v) is 7.74. The van der Waals surface area contributed by atoms with E-state index in [-0.39, 0.29) is 18.4 Å². The van der Waals surface area contributed by atoms with Gasteiger partial charge in [0.2, 0.25) is 0 Å². The van der Waals surface area contributed by atoms with Crippen molar-refractivity contribution in [2.24, 2.45) is 0 Å². The standard InChI is InChI=1S/C26H24N2O2/c1-17-10-13-20(14-11-17)16-28-25(29)23(21-7-5-4-6-8-21)24(26(28)30)27-22-15-18(2)9-12-19(22)3/h4-15,27H,16H2,1-3H3. The molecule has 0 bridgehead atoms. The van der Waals surface area contributed by atoms with Crippen molar-refractivity contribution in [3.8, 4) is 0 Å². The summed E-state index contributed by atoms with van der Waals surface area (Å²) in [7, 11) is 0. The smallest absolute Gasteiger partial charge is 0.278 e. The predicted octanol–water partition coefficient (Wildman–Crippen LogP) is 5.00. The zero-order valence-corrected chi connectivity index (χ0v) is 17.4. The van der Waals surface area contributed by atoms with Gasteiger partial charge in [0, 0.05) is 5.69 Å². The van der Waals surface area contributed by atoms with Crippen molar-refractivity contribution in [2.75, 3.05) is 5.32 Å². The highest BCUT2D eigenvalue weighted by Crippen LogP contribution is 2.32. The number of benzene rings is 3. The summed E-state index contributed by atoms with van der Waals surface area (Å²) in [6, 6.07) is 23.3. The number of anilines is 1. The molecule has 0 radical (unpaired) electrons. The number of hydrogen-bond acceptors (Lipinski definition) is 3. The summed E-state index contributed by atoms with van der Waals surface area (Å²) >= 11 is 0. The minimum absolute atomic E-state index is 0.242. The summed E-state index contributed by atoms with van der Waals surface area (Å²) < 4.78 is 0. The van der Waals surface area contributed by atoms with Crippen LogP contribution in [0.3, 0.4) is 0 Å². The topological polar surface area (TPSA) is 49.4 Å². The van der Waals surface area contributed by atoms with E-state index >= 15 is 0 Å². The molecule has 4 rings (SSSR count). The van der Waals surface area contributed by atoms with Crippen molar-refractivity contribution in [1.29, 1.82) is 0 Å². The zero-order valence-electron chi connectivity index (χ0n) is 17.4. The maximum Gasteiger partial charge on any atom is 0.278 e. The molecule has 150 valence electrons. The highest BCUT2D eigenvalue weighted by Gasteiger charge is 2.39. The molecule has 0 atom stereocenters. The van der Waals surface area contributed by atoms with Gasteiger partial charge in [-0.2, -0.15) is 0 Å². The second kappa shape index (κ2) is 7.99. The lowest BCUT2D eigenvalue weighted by Gasteiger charge is -2.16. The van der Waals surface area contributed by atoms with E-state index in [4.69, 9.17) is 0 Å². The third-order valence-electron chi connectivity index (χ3n) is 5.34. The number of rotatable bonds is 5. The van der Waals surface area contributed by atoms with Crippen LogP contribution in [0.15, 0.2) is 78.5 Å². The predicted molar refractivity (Wildman–Crippen MR) is 120 cm³/mol. The van der Waals surface area contributed by atoms with Gasteiger partial charge < -0.3 is 5.32 Å². The molecule has 0 spiro atoms. The Morgan fingerprint density at radius 3 is 2.13 bits per heavy atom. The number of nitrogens with zero attached hydrogens (tertiary/aromatic N) is 1. The van der Waals surface area contributed by atoms with Crippen LogP contribution in [0, 0.1) is 20.8 Å². The first-order chi connectivity index (χ1) is 14.4. The van der Waals surface area contributed by atoms with Crippen molar-refractivity contribution >= 4 is 23.1 Å². The molecule has 0 fully saturated rings. The third-order valence-corrected chi connectivity index (χ3v) is 5.34. The number of amides is 2. The van der Waals surface area contributed by atoms with E-state index in [1.54, 1.807) is 0 Å². The molecule has 0 saturated carbocycles. The van der Waals surface area contributed by atoms with Crippen molar-refractivity contribution in [1.82, 2.24) is 4.90 Å². The van der Waals surface area contributed by atoms with E-state index < -0.39 is 0 Å². The van der Waals surface area contributed by atoms with Crippen LogP contribution < -0.4 is 5.32 Å². The maximum atomic E-state index is 13.4. The number of hydrogen-bond donors (Lipinski definition) is 1. The van der Waals surface area contributed by atoms with Crippen LogP contribution in [0.5, 0.6) is 0 Å². The fourth-order valence-corrected chi connectivity index (χ4v) is 3.59. The molecule has 1 aliphatic heterocycles. The van der Waals surface area contributed by atoms with Crippen LogP contribution in [0.25, 0.3) is 5.57 Å². The van der Waals surface area contributed by atoms with Gasteiger partial charge in [-0.15, -0.1) is 0 Å². The summed E-state index contributed by atoms with van der Waals surface area (Å²) in [5.74, 6) is -0.583. The lowest BCUT2D eigenvalue weighted by Crippen LogP contribution is -2.32. The van der Waals surface area contributed by atoms with E-state index in [0.717, 1.165) is 33.5 Å². The second-order valence-electron chi connectivity index (χ2n) is 7.74. The van der Waals surface area contributed by atoms with Crippen LogP contribution >= 0.6 is 0 Å². The molecular weight excluding hydrogens is 372 g/mol.